The first kappa shape index (κ1) is 16.3. The Morgan fingerprint density at radius 1 is 1.35 bits per heavy atom. The van der Waals surface area contributed by atoms with Crippen LogP contribution < -0.4 is 10.1 Å². The minimum atomic E-state index is -0.185. The SMILES string of the molecule is CCCN(CC)CCNC(=O)c1ccc(OC)c(O)c1. The van der Waals surface area contributed by atoms with Gasteiger partial charge in [0.2, 0.25) is 0 Å². The molecule has 112 valence electrons. The third-order valence-corrected chi connectivity index (χ3v) is 3.14. The summed E-state index contributed by atoms with van der Waals surface area (Å²) in [5.74, 6) is 0.151. The molecule has 0 aliphatic heterocycles. The Labute approximate surface area is 120 Å². The van der Waals surface area contributed by atoms with Gasteiger partial charge in [0, 0.05) is 18.7 Å². The Morgan fingerprint density at radius 2 is 2.10 bits per heavy atom. The number of carbonyl (C=O) groups is 1. The number of hydrogen-bond donors (Lipinski definition) is 2. The molecule has 5 heteroatoms. The predicted molar refractivity (Wildman–Crippen MR) is 79.4 cm³/mol. The summed E-state index contributed by atoms with van der Waals surface area (Å²) in [6, 6.07) is 4.63. The van der Waals surface area contributed by atoms with E-state index in [1.807, 2.05) is 0 Å². The van der Waals surface area contributed by atoms with Crippen molar-refractivity contribution in [2.45, 2.75) is 20.3 Å². The highest BCUT2D eigenvalue weighted by Gasteiger charge is 2.09. The van der Waals surface area contributed by atoms with Gasteiger partial charge in [-0.2, -0.15) is 0 Å². The summed E-state index contributed by atoms with van der Waals surface area (Å²) in [4.78, 5) is 14.2. The summed E-state index contributed by atoms with van der Waals surface area (Å²) in [5.41, 5.74) is 0.432. The van der Waals surface area contributed by atoms with E-state index in [4.69, 9.17) is 4.74 Å². The molecule has 0 saturated carbocycles. The fourth-order valence-electron chi connectivity index (χ4n) is 2.01. The molecule has 0 aliphatic rings. The molecule has 0 atom stereocenters. The van der Waals surface area contributed by atoms with Crippen molar-refractivity contribution < 1.29 is 14.6 Å². The summed E-state index contributed by atoms with van der Waals surface area (Å²) >= 11 is 0. The second-order valence-electron chi connectivity index (χ2n) is 4.58. The lowest BCUT2D eigenvalue weighted by Gasteiger charge is -2.19. The number of aromatic hydroxyl groups is 1. The number of nitrogens with zero attached hydrogens (tertiary/aromatic N) is 1. The van der Waals surface area contributed by atoms with Gasteiger partial charge in [-0.25, -0.2) is 0 Å². The smallest absolute Gasteiger partial charge is 0.251 e. The average molecular weight is 280 g/mol. The van der Waals surface area contributed by atoms with Gasteiger partial charge in [0.25, 0.3) is 5.91 Å². The second kappa shape index (κ2) is 8.43. The number of amides is 1. The van der Waals surface area contributed by atoms with Gasteiger partial charge in [-0.05, 0) is 37.7 Å². The van der Waals surface area contributed by atoms with Gasteiger partial charge in [-0.15, -0.1) is 0 Å². The Balaban J connectivity index is 2.48. The molecule has 1 amide bonds. The molecule has 0 unspecified atom stereocenters. The van der Waals surface area contributed by atoms with Gasteiger partial charge in [0.1, 0.15) is 0 Å². The number of ether oxygens (including phenoxy) is 1. The third kappa shape index (κ3) is 4.74. The van der Waals surface area contributed by atoms with E-state index in [1.54, 1.807) is 12.1 Å². The van der Waals surface area contributed by atoms with E-state index >= 15 is 0 Å². The van der Waals surface area contributed by atoms with Gasteiger partial charge >= 0.3 is 0 Å². The molecule has 0 radical (unpaired) electrons. The van der Waals surface area contributed by atoms with Crippen LogP contribution in [-0.4, -0.2) is 49.2 Å². The Kier molecular flexibility index (Phi) is 6.87. The zero-order valence-corrected chi connectivity index (χ0v) is 12.5. The number of phenols is 1. The van der Waals surface area contributed by atoms with Crippen molar-refractivity contribution in [2.24, 2.45) is 0 Å². The summed E-state index contributed by atoms with van der Waals surface area (Å²) in [6.45, 7) is 7.70. The molecule has 2 N–H and O–H groups in total. The van der Waals surface area contributed by atoms with Crippen molar-refractivity contribution in [1.29, 1.82) is 0 Å². The van der Waals surface area contributed by atoms with Gasteiger partial charge in [0.05, 0.1) is 7.11 Å². The first-order chi connectivity index (χ1) is 9.62. The van der Waals surface area contributed by atoms with E-state index in [-0.39, 0.29) is 11.7 Å². The number of carbonyl (C=O) groups excluding carboxylic acids is 1. The zero-order chi connectivity index (χ0) is 15.0. The molecule has 20 heavy (non-hydrogen) atoms. The van der Waals surface area contributed by atoms with Crippen LogP contribution in [0.25, 0.3) is 0 Å². The van der Waals surface area contributed by atoms with Crippen molar-refractivity contribution in [3.8, 4) is 11.5 Å². The van der Waals surface area contributed by atoms with Crippen molar-refractivity contribution in [1.82, 2.24) is 10.2 Å². The van der Waals surface area contributed by atoms with Crippen LogP contribution in [0.3, 0.4) is 0 Å². The molecule has 1 rings (SSSR count). The molecule has 5 nitrogen and oxygen atoms in total. The number of rotatable bonds is 8. The quantitative estimate of drug-likeness (QED) is 0.763. The van der Waals surface area contributed by atoms with E-state index in [0.29, 0.717) is 17.9 Å². The van der Waals surface area contributed by atoms with Crippen molar-refractivity contribution >= 4 is 5.91 Å². The number of nitrogens with one attached hydrogen (secondary N) is 1. The van der Waals surface area contributed by atoms with Gasteiger partial charge < -0.3 is 20.1 Å². The molecule has 0 fully saturated rings. The van der Waals surface area contributed by atoms with Crippen molar-refractivity contribution in [3.63, 3.8) is 0 Å². The first-order valence-corrected chi connectivity index (χ1v) is 6.99. The number of methoxy groups -OCH3 is 1. The van der Waals surface area contributed by atoms with Crippen LogP contribution in [-0.2, 0) is 0 Å². The predicted octanol–water partition coefficient (Wildman–Crippen LogP) is 1.86. The standard InChI is InChI=1S/C15H24N2O3/c1-4-9-17(5-2)10-8-16-15(19)12-6-7-14(20-3)13(18)11-12/h6-7,11,18H,4-5,8-10H2,1-3H3,(H,16,19). The van der Waals surface area contributed by atoms with E-state index in [1.165, 1.54) is 13.2 Å². The van der Waals surface area contributed by atoms with E-state index in [9.17, 15) is 9.90 Å². The zero-order valence-electron chi connectivity index (χ0n) is 12.5. The maximum absolute atomic E-state index is 11.9. The summed E-state index contributed by atoms with van der Waals surface area (Å²) < 4.78 is 4.95. The average Bonchev–Trinajstić information content (AvgIpc) is 2.46. The lowest BCUT2D eigenvalue weighted by molar-refractivity contribution is 0.0948. The molecular formula is C15H24N2O3. The lowest BCUT2D eigenvalue weighted by atomic mass is 10.2. The molecular weight excluding hydrogens is 256 g/mol. The van der Waals surface area contributed by atoms with Crippen molar-refractivity contribution in [3.05, 3.63) is 23.8 Å². The van der Waals surface area contributed by atoms with Crippen LogP contribution in [0.2, 0.25) is 0 Å². The summed E-state index contributed by atoms with van der Waals surface area (Å²) in [7, 11) is 1.47. The minimum Gasteiger partial charge on any atom is -0.504 e. The highest BCUT2D eigenvalue weighted by atomic mass is 16.5. The minimum absolute atomic E-state index is 0.0266. The Morgan fingerprint density at radius 3 is 2.65 bits per heavy atom. The van der Waals surface area contributed by atoms with Crippen LogP contribution >= 0.6 is 0 Å². The topological polar surface area (TPSA) is 61.8 Å². The van der Waals surface area contributed by atoms with Crippen LogP contribution in [0.4, 0.5) is 0 Å². The molecule has 1 aromatic rings. The van der Waals surface area contributed by atoms with Crippen LogP contribution in [0.1, 0.15) is 30.6 Å². The highest BCUT2D eigenvalue weighted by molar-refractivity contribution is 5.94. The van der Waals surface area contributed by atoms with E-state index in [0.717, 1.165) is 26.1 Å². The van der Waals surface area contributed by atoms with Gasteiger partial charge in [-0.3, -0.25) is 4.79 Å². The molecule has 0 saturated heterocycles. The van der Waals surface area contributed by atoms with Gasteiger partial charge in [-0.1, -0.05) is 13.8 Å². The third-order valence-electron chi connectivity index (χ3n) is 3.14. The Bertz CT molecular complexity index is 435. The number of benzene rings is 1. The fraction of sp³-hybridized carbons (Fsp3) is 0.533. The summed E-state index contributed by atoms with van der Waals surface area (Å²) in [6.07, 6.45) is 1.11. The number of phenolic OH excluding ortho intramolecular Hbond substituents is 1. The fourth-order valence-corrected chi connectivity index (χ4v) is 2.01. The molecule has 0 aliphatic carbocycles. The van der Waals surface area contributed by atoms with Crippen LogP contribution in [0.5, 0.6) is 11.5 Å². The molecule has 0 spiro atoms. The maximum Gasteiger partial charge on any atom is 0.251 e. The normalized spacial score (nSPS) is 10.6. The second-order valence-corrected chi connectivity index (χ2v) is 4.58. The van der Waals surface area contributed by atoms with E-state index < -0.39 is 0 Å². The van der Waals surface area contributed by atoms with E-state index in [2.05, 4.69) is 24.1 Å². The monoisotopic (exact) mass is 280 g/mol. The maximum atomic E-state index is 11.9. The largest absolute Gasteiger partial charge is 0.504 e. The van der Waals surface area contributed by atoms with Crippen molar-refractivity contribution in [2.75, 3.05) is 33.3 Å². The highest BCUT2D eigenvalue weighted by Crippen LogP contribution is 2.25. The summed E-state index contributed by atoms with van der Waals surface area (Å²) in [5, 5.41) is 12.5. The molecule has 0 bridgehead atoms. The Hall–Kier alpha value is -1.75. The molecule has 0 heterocycles. The molecule has 0 aromatic heterocycles. The van der Waals surface area contributed by atoms with Crippen LogP contribution in [0.15, 0.2) is 18.2 Å². The molecule has 1 aromatic carbocycles. The number of hydrogen-bond acceptors (Lipinski definition) is 4. The van der Waals surface area contributed by atoms with Crippen LogP contribution in [0, 0.1) is 0 Å². The van der Waals surface area contributed by atoms with Gasteiger partial charge in [0.15, 0.2) is 11.5 Å². The first-order valence-electron chi connectivity index (χ1n) is 6.99. The lowest BCUT2D eigenvalue weighted by Crippen LogP contribution is -2.35. The number of likely N-dealkylation sites (N-methyl/N-ethyl adjacent to an activating group) is 1.